The number of carbonyl (C=O) groups is 3. The number of amides is 1. The first-order valence-electron chi connectivity index (χ1n) is 7.77. The minimum Gasteiger partial charge on any atom is -0.466 e. The van der Waals surface area contributed by atoms with Crippen molar-refractivity contribution in [1.29, 1.82) is 0 Å². The molecule has 1 aromatic carbocycles. The van der Waals surface area contributed by atoms with Gasteiger partial charge in [0.1, 0.15) is 13.0 Å². The van der Waals surface area contributed by atoms with E-state index in [0.29, 0.717) is 13.0 Å². The molecule has 0 radical (unpaired) electrons. The van der Waals surface area contributed by atoms with E-state index in [1.807, 2.05) is 30.3 Å². The Labute approximate surface area is 135 Å². The quantitative estimate of drug-likeness (QED) is 0.594. The molecule has 1 aliphatic rings. The van der Waals surface area contributed by atoms with E-state index in [1.54, 1.807) is 6.92 Å². The molecule has 0 bridgehead atoms. The summed E-state index contributed by atoms with van der Waals surface area (Å²) in [6.45, 7) is 2.55. The summed E-state index contributed by atoms with van der Waals surface area (Å²) in [6, 6.07) is 8.75. The third-order valence-electron chi connectivity index (χ3n) is 3.69. The number of esters is 1. The van der Waals surface area contributed by atoms with E-state index in [1.165, 1.54) is 4.90 Å². The highest BCUT2D eigenvalue weighted by Gasteiger charge is 2.35. The Morgan fingerprint density at radius 1 is 1.17 bits per heavy atom. The molecule has 124 valence electrons. The van der Waals surface area contributed by atoms with Crippen LogP contribution in [0.4, 0.5) is 4.79 Å². The molecular weight excluding hydrogens is 298 g/mol. The zero-order chi connectivity index (χ0) is 16.7. The summed E-state index contributed by atoms with van der Waals surface area (Å²) >= 11 is 0. The average Bonchev–Trinajstić information content (AvgIpc) is 3.03. The van der Waals surface area contributed by atoms with Gasteiger partial charge in [-0.15, -0.1) is 0 Å². The lowest BCUT2D eigenvalue weighted by molar-refractivity contribution is -0.146. The van der Waals surface area contributed by atoms with Crippen LogP contribution in [-0.4, -0.2) is 41.9 Å². The minimum atomic E-state index is -0.595. The summed E-state index contributed by atoms with van der Waals surface area (Å²) in [5, 5.41) is 0. The molecule has 23 heavy (non-hydrogen) atoms. The first-order valence-corrected chi connectivity index (χ1v) is 7.77. The highest BCUT2D eigenvalue weighted by Crippen LogP contribution is 2.21. The van der Waals surface area contributed by atoms with Crippen molar-refractivity contribution in [3.8, 4) is 0 Å². The summed E-state index contributed by atoms with van der Waals surface area (Å²) in [7, 11) is 0. The van der Waals surface area contributed by atoms with Crippen molar-refractivity contribution in [3.05, 3.63) is 35.9 Å². The van der Waals surface area contributed by atoms with Crippen LogP contribution < -0.4 is 0 Å². The van der Waals surface area contributed by atoms with Gasteiger partial charge in [0, 0.05) is 6.54 Å². The topological polar surface area (TPSA) is 72.9 Å². The predicted molar refractivity (Wildman–Crippen MR) is 82.6 cm³/mol. The van der Waals surface area contributed by atoms with Gasteiger partial charge in [-0.05, 0) is 25.3 Å². The summed E-state index contributed by atoms with van der Waals surface area (Å²) in [6.07, 6.45) is 0.452. The van der Waals surface area contributed by atoms with Gasteiger partial charge in [0.05, 0.1) is 12.6 Å². The van der Waals surface area contributed by atoms with E-state index in [2.05, 4.69) is 0 Å². The Bertz CT molecular complexity index is 557. The fourth-order valence-corrected chi connectivity index (χ4v) is 2.59. The molecule has 0 saturated carbocycles. The first kappa shape index (κ1) is 17.0. The molecule has 1 atom stereocenters. The molecule has 0 aromatic heterocycles. The maximum Gasteiger partial charge on any atom is 0.410 e. The number of hydrogen-bond acceptors (Lipinski definition) is 5. The molecule has 1 fully saturated rings. The van der Waals surface area contributed by atoms with Crippen LogP contribution in [-0.2, 0) is 25.7 Å². The Morgan fingerprint density at radius 3 is 2.61 bits per heavy atom. The number of benzene rings is 1. The summed E-state index contributed by atoms with van der Waals surface area (Å²) in [5.41, 5.74) is 0.884. The van der Waals surface area contributed by atoms with Gasteiger partial charge in [0.25, 0.3) is 0 Å². The van der Waals surface area contributed by atoms with Crippen LogP contribution in [0.1, 0.15) is 31.7 Å². The lowest BCUT2D eigenvalue weighted by Gasteiger charge is -2.22. The van der Waals surface area contributed by atoms with Gasteiger partial charge in [-0.1, -0.05) is 30.3 Å². The molecule has 0 spiro atoms. The molecule has 0 unspecified atom stereocenters. The number of ketones is 1. The van der Waals surface area contributed by atoms with Crippen molar-refractivity contribution in [1.82, 2.24) is 4.90 Å². The SMILES string of the molecule is CCOC(=O)CC(=O)[C@H]1CCCN1C(=O)OCc1ccccc1. The third-order valence-corrected chi connectivity index (χ3v) is 3.69. The summed E-state index contributed by atoms with van der Waals surface area (Å²) in [4.78, 5) is 37.2. The van der Waals surface area contributed by atoms with Crippen LogP contribution in [0.2, 0.25) is 0 Å². The smallest absolute Gasteiger partial charge is 0.410 e. The third kappa shape index (κ3) is 4.81. The molecule has 6 heteroatoms. The van der Waals surface area contributed by atoms with Gasteiger partial charge >= 0.3 is 12.1 Å². The monoisotopic (exact) mass is 319 g/mol. The Balaban J connectivity index is 1.88. The minimum absolute atomic E-state index is 0.162. The second-order valence-corrected chi connectivity index (χ2v) is 5.34. The highest BCUT2D eigenvalue weighted by atomic mass is 16.6. The van der Waals surface area contributed by atoms with Gasteiger partial charge in [0.15, 0.2) is 5.78 Å². The van der Waals surface area contributed by atoms with Crippen molar-refractivity contribution >= 4 is 17.8 Å². The molecule has 2 rings (SSSR count). The van der Waals surface area contributed by atoms with E-state index < -0.39 is 18.1 Å². The molecule has 0 aliphatic carbocycles. The van der Waals surface area contributed by atoms with Crippen LogP contribution in [0.3, 0.4) is 0 Å². The summed E-state index contributed by atoms with van der Waals surface area (Å²) < 4.78 is 10.0. The van der Waals surface area contributed by atoms with Gasteiger partial charge in [-0.25, -0.2) is 4.79 Å². The van der Waals surface area contributed by atoms with E-state index in [0.717, 1.165) is 12.0 Å². The number of hydrogen-bond donors (Lipinski definition) is 0. The second kappa shape index (κ2) is 8.31. The summed E-state index contributed by atoms with van der Waals surface area (Å²) in [5.74, 6) is -0.848. The number of nitrogens with zero attached hydrogens (tertiary/aromatic N) is 1. The maximum absolute atomic E-state index is 12.2. The van der Waals surface area contributed by atoms with Gasteiger partial charge < -0.3 is 9.47 Å². The van der Waals surface area contributed by atoms with Crippen molar-refractivity contribution in [2.75, 3.05) is 13.2 Å². The number of rotatable bonds is 6. The van der Waals surface area contributed by atoms with E-state index in [4.69, 9.17) is 9.47 Å². The fraction of sp³-hybridized carbons (Fsp3) is 0.471. The number of Topliss-reactive ketones (excluding diaryl/α,β-unsaturated/α-hetero) is 1. The number of likely N-dealkylation sites (tertiary alicyclic amines) is 1. The van der Waals surface area contributed by atoms with Crippen LogP contribution in [0.5, 0.6) is 0 Å². The van der Waals surface area contributed by atoms with Crippen molar-refractivity contribution < 1.29 is 23.9 Å². The molecule has 1 aromatic rings. The standard InChI is InChI=1S/C17H21NO5/c1-2-22-16(20)11-15(19)14-9-6-10-18(14)17(21)23-12-13-7-4-3-5-8-13/h3-5,7-8,14H,2,6,9-12H2,1H3/t14-/m1/s1. The second-order valence-electron chi connectivity index (χ2n) is 5.34. The molecule has 1 saturated heterocycles. The lowest BCUT2D eigenvalue weighted by atomic mass is 10.1. The molecular formula is C17H21NO5. The Kier molecular flexibility index (Phi) is 6.14. The van der Waals surface area contributed by atoms with Crippen LogP contribution in [0, 0.1) is 0 Å². The van der Waals surface area contributed by atoms with Gasteiger partial charge in [-0.3, -0.25) is 14.5 Å². The zero-order valence-electron chi connectivity index (χ0n) is 13.2. The van der Waals surface area contributed by atoms with Crippen molar-refractivity contribution in [2.45, 2.75) is 38.8 Å². The number of ether oxygens (including phenoxy) is 2. The van der Waals surface area contributed by atoms with Crippen LogP contribution >= 0.6 is 0 Å². The zero-order valence-corrected chi connectivity index (χ0v) is 13.2. The van der Waals surface area contributed by atoms with E-state index in [-0.39, 0.29) is 25.4 Å². The highest BCUT2D eigenvalue weighted by molar-refractivity contribution is 5.99. The predicted octanol–water partition coefficient (Wildman–Crippen LogP) is 2.31. The Morgan fingerprint density at radius 2 is 1.91 bits per heavy atom. The van der Waals surface area contributed by atoms with Gasteiger partial charge in [0.2, 0.25) is 0 Å². The molecule has 1 aliphatic heterocycles. The first-order chi connectivity index (χ1) is 11.1. The Hall–Kier alpha value is -2.37. The van der Waals surface area contributed by atoms with Crippen molar-refractivity contribution in [2.24, 2.45) is 0 Å². The fourth-order valence-electron chi connectivity index (χ4n) is 2.59. The lowest BCUT2D eigenvalue weighted by Crippen LogP contribution is -2.41. The van der Waals surface area contributed by atoms with Crippen LogP contribution in [0.15, 0.2) is 30.3 Å². The largest absolute Gasteiger partial charge is 0.466 e. The molecule has 0 N–H and O–H groups in total. The maximum atomic E-state index is 12.2. The van der Waals surface area contributed by atoms with Gasteiger partial charge in [-0.2, -0.15) is 0 Å². The molecule has 6 nitrogen and oxygen atoms in total. The molecule has 1 heterocycles. The molecule has 1 amide bonds. The van der Waals surface area contributed by atoms with Crippen molar-refractivity contribution in [3.63, 3.8) is 0 Å². The average molecular weight is 319 g/mol. The normalized spacial score (nSPS) is 16.9. The van der Waals surface area contributed by atoms with E-state index >= 15 is 0 Å². The van der Waals surface area contributed by atoms with E-state index in [9.17, 15) is 14.4 Å². The number of carbonyl (C=O) groups excluding carboxylic acids is 3. The van der Waals surface area contributed by atoms with Crippen LogP contribution in [0.25, 0.3) is 0 Å².